The molecular weight excluding hydrogens is 206 g/mol. The zero-order valence-corrected chi connectivity index (χ0v) is 10.6. The summed E-state index contributed by atoms with van der Waals surface area (Å²) >= 11 is 1.86. The van der Waals surface area contributed by atoms with Crippen molar-refractivity contribution >= 4 is 17.7 Å². The highest BCUT2D eigenvalue weighted by molar-refractivity contribution is 8.00. The number of hydrogen-bond acceptors (Lipinski definition) is 2. The van der Waals surface area contributed by atoms with E-state index in [4.69, 9.17) is 0 Å². The van der Waals surface area contributed by atoms with Gasteiger partial charge in [-0.3, -0.25) is 4.79 Å². The number of carbonyl (C=O) groups is 1. The third kappa shape index (κ3) is 2.68. The highest BCUT2D eigenvalue weighted by Crippen LogP contribution is 2.30. The van der Waals surface area contributed by atoms with Gasteiger partial charge in [0.15, 0.2) is 0 Å². The largest absolute Gasteiger partial charge is 0.341 e. The molecule has 1 amide bonds. The standard InChI is InChI=1S/C12H21NOS/c1-9-6-10(2)8-13(7-9)12(14)11-4-3-5-15-11/h9-11H,3-8H2,1-2H3. The molecule has 0 aromatic heterocycles. The number of likely N-dealkylation sites (tertiary alicyclic amines) is 1. The van der Waals surface area contributed by atoms with Crippen LogP contribution in [0.1, 0.15) is 33.1 Å². The molecule has 0 saturated carbocycles. The molecule has 3 heteroatoms. The molecule has 0 aliphatic carbocycles. The second-order valence-electron chi connectivity index (χ2n) is 5.19. The van der Waals surface area contributed by atoms with Crippen LogP contribution in [0, 0.1) is 11.8 Å². The molecule has 0 N–H and O–H groups in total. The van der Waals surface area contributed by atoms with Crippen LogP contribution in [0.25, 0.3) is 0 Å². The van der Waals surface area contributed by atoms with Gasteiger partial charge < -0.3 is 4.90 Å². The molecule has 86 valence electrons. The van der Waals surface area contributed by atoms with Crippen molar-refractivity contribution in [1.29, 1.82) is 0 Å². The van der Waals surface area contributed by atoms with Crippen LogP contribution in [0.3, 0.4) is 0 Å². The van der Waals surface area contributed by atoms with E-state index in [-0.39, 0.29) is 5.25 Å². The molecule has 0 aromatic carbocycles. The lowest BCUT2D eigenvalue weighted by Crippen LogP contribution is -2.45. The van der Waals surface area contributed by atoms with Crippen LogP contribution in [-0.2, 0) is 4.79 Å². The van der Waals surface area contributed by atoms with Crippen molar-refractivity contribution in [2.24, 2.45) is 11.8 Å². The van der Waals surface area contributed by atoms with Gasteiger partial charge in [0.2, 0.25) is 5.91 Å². The molecule has 2 nitrogen and oxygen atoms in total. The maximum Gasteiger partial charge on any atom is 0.235 e. The zero-order chi connectivity index (χ0) is 10.8. The molecule has 2 aliphatic heterocycles. The van der Waals surface area contributed by atoms with Crippen molar-refractivity contribution in [3.63, 3.8) is 0 Å². The molecule has 0 radical (unpaired) electrons. The van der Waals surface area contributed by atoms with Crippen LogP contribution in [0.4, 0.5) is 0 Å². The summed E-state index contributed by atoms with van der Waals surface area (Å²) in [7, 11) is 0. The average molecular weight is 227 g/mol. The monoisotopic (exact) mass is 227 g/mol. The third-order valence-corrected chi connectivity index (χ3v) is 4.75. The van der Waals surface area contributed by atoms with Crippen molar-refractivity contribution in [1.82, 2.24) is 4.90 Å². The fourth-order valence-electron chi connectivity index (χ4n) is 2.82. The number of amides is 1. The molecule has 2 aliphatic rings. The number of rotatable bonds is 1. The molecule has 0 spiro atoms. The average Bonchev–Trinajstić information content (AvgIpc) is 2.67. The predicted octanol–water partition coefficient (Wildman–Crippen LogP) is 2.39. The summed E-state index contributed by atoms with van der Waals surface area (Å²) in [5, 5.41) is 0.280. The number of piperidine rings is 1. The Hall–Kier alpha value is -0.180. The van der Waals surface area contributed by atoms with E-state index in [2.05, 4.69) is 18.7 Å². The summed E-state index contributed by atoms with van der Waals surface area (Å²) < 4.78 is 0. The van der Waals surface area contributed by atoms with Gasteiger partial charge in [0.25, 0.3) is 0 Å². The van der Waals surface area contributed by atoms with Gasteiger partial charge >= 0.3 is 0 Å². The van der Waals surface area contributed by atoms with Crippen molar-refractivity contribution in [2.45, 2.75) is 38.4 Å². The second-order valence-corrected chi connectivity index (χ2v) is 6.50. The molecule has 2 rings (SSSR count). The highest BCUT2D eigenvalue weighted by atomic mass is 32.2. The predicted molar refractivity (Wildman–Crippen MR) is 65.0 cm³/mol. The SMILES string of the molecule is CC1CC(C)CN(C(=O)C2CCCS2)C1. The molecule has 15 heavy (non-hydrogen) atoms. The molecular formula is C12H21NOS. The van der Waals surface area contributed by atoms with E-state index in [9.17, 15) is 4.79 Å². The van der Waals surface area contributed by atoms with Crippen LogP contribution in [0.5, 0.6) is 0 Å². The van der Waals surface area contributed by atoms with Gasteiger partial charge in [0.05, 0.1) is 5.25 Å². The Morgan fingerprint density at radius 1 is 1.27 bits per heavy atom. The molecule has 3 unspecified atom stereocenters. The lowest BCUT2D eigenvalue weighted by molar-refractivity contribution is -0.133. The van der Waals surface area contributed by atoms with Gasteiger partial charge in [-0.05, 0) is 36.9 Å². The Morgan fingerprint density at radius 2 is 1.93 bits per heavy atom. The van der Waals surface area contributed by atoms with Crippen LogP contribution in [0.2, 0.25) is 0 Å². The number of carbonyl (C=O) groups excluding carboxylic acids is 1. The van der Waals surface area contributed by atoms with Crippen molar-refractivity contribution in [3.05, 3.63) is 0 Å². The van der Waals surface area contributed by atoms with Gasteiger partial charge in [0.1, 0.15) is 0 Å². The number of nitrogens with zero attached hydrogens (tertiary/aromatic N) is 1. The fraction of sp³-hybridized carbons (Fsp3) is 0.917. The summed E-state index contributed by atoms with van der Waals surface area (Å²) in [6, 6.07) is 0. The van der Waals surface area contributed by atoms with E-state index in [0.717, 1.165) is 19.5 Å². The number of hydrogen-bond donors (Lipinski definition) is 0. The minimum Gasteiger partial charge on any atom is -0.341 e. The van der Waals surface area contributed by atoms with Gasteiger partial charge in [-0.15, -0.1) is 11.8 Å². The first kappa shape index (κ1) is 11.3. The maximum atomic E-state index is 12.2. The van der Waals surface area contributed by atoms with E-state index in [0.29, 0.717) is 17.7 Å². The topological polar surface area (TPSA) is 20.3 Å². The van der Waals surface area contributed by atoms with Gasteiger partial charge in [0, 0.05) is 13.1 Å². The minimum absolute atomic E-state index is 0.280. The third-order valence-electron chi connectivity index (χ3n) is 3.39. The van der Waals surface area contributed by atoms with E-state index in [1.807, 2.05) is 11.8 Å². The van der Waals surface area contributed by atoms with E-state index in [1.165, 1.54) is 18.6 Å². The molecule has 2 heterocycles. The maximum absolute atomic E-state index is 12.2. The molecule has 3 atom stereocenters. The fourth-order valence-corrected chi connectivity index (χ4v) is 4.06. The first-order chi connectivity index (χ1) is 7.16. The van der Waals surface area contributed by atoms with Crippen LogP contribution in [-0.4, -0.2) is 34.9 Å². The van der Waals surface area contributed by atoms with E-state index in [1.54, 1.807) is 0 Å². The van der Waals surface area contributed by atoms with Gasteiger partial charge in [-0.2, -0.15) is 0 Å². The van der Waals surface area contributed by atoms with Crippen molar-refractivity contribution in [3.8, 4) is 0 Å². The van der Waals surface area contributed by atoms with E-state index < -0.39 is 0 Å². The Bertz CT molecular complexity index is 228. The van der Waals surface area contributed by atoms with Crippen LogP contribution >= 0.6 is 11.8 Å². The smallest absolute Gasteiger partial charge is 0.235 e. The normalized spacial score (nSPS) is 36.9. The zero-order valence-electron chi connectivity index (χ0n) is 9.74. The Kier molecular flexibility index (Phi) is 3.60. The Balaban J connectivity index is 1.93. The molecule has 0 bridgehead atoms. The summed E-state index contributed by atoms with van der Waals surface area (Å²) in [6.07, 6.45) is 3.60. The number of thioether (sulfide) groups is 1. The summed E-state index contributed by atoms with van der Waals surface area (Å²) in [5.41, 5.74) is 0. The quantitative estimate of drug-likeness (QED) is 0.685. The molecule has 0 aromatic rings. The van der Waals surface area contributed by atoms with Gasteiger partial charge in [-0.25, -0.2) is 0 Å². The van der Waals surface area contributed by atoms with Gasteiger partial charge in [-0.1, -0.05) is 13.8 Å². The summed E-state index contributed by atoms with van der Waals surface area (Å²) in [6.45, 7) is 6.50. The first-order valence-corrected chi connectivity index (χ1v) is 7.12. The summed E-state index contributed by atoms with van der Waals surface area (Å²) in [5.74, 6) is 2.96. The molecule has 2 saturated heterocycles. The van der Waals surface area contributed by atoms with Crippen molar-refractivity contribution in [2.75, 3.05) is 18.8 Å². The van der Waals surface area contributed by atoms with Crippen LogP contribution < -0.4 is 0 Å². The lowest BCUT2D eigenvalue weighted by atomic mass is 9.91. The highest BCUT2D eigenvalue weighted by Gasteiger charge is 2.31. The Morgan fingerprint density at radius 3 is 2.47 bits per heavy atom. The summed E-state index contributed by atoms with van der Waals surface area (Å²) in [4.78, 5) is 14.3. The minimum atomic E-state index is 0.280. The first-order valence-electron chi connectivity index (χ1n) is 6.07. The molecule has 2 fully saturated rings. The lowest BCUT2D eigenvalue weighted by Gasteiger charge is -2.36. The van der Waals surface area contributed by atoms with E-state index >= 15 is 0 Å². The van der Waals surface area contributed by atoms with Crippen LogP contribution in [0.15, 0.2) is 0 Å². The Labute approximate surface area is 96.8 Å². The second kappa shape index (κ2) is 4.77. The van der Waals surface area contributed by atoms with Crippen molar-refractivity contribution < 1.29 is 4.79 Å².